The van der Waals surface area contributed by atoms with Gasteiger partial charge in [-0.2, -0.15) is 8.78 Å². The maximum Gasteiger partial charge on any atom is 0.387 e. The zero-order valence-corrected chi connectivity index (χ0v) is 17.3. The van der Waals surface area contributed by atoms with Crippen LogP contribution >= 0.6 is 0 Å². The Morgan fingerprint density at radius 1 is 1.12 bits per heavy atom. The maximum absolute atomic E-state index is 12.2. The van der Waals surface area contributed by atoms with Gasteiger partial charge in [0.05, 0.1) is 12.2 Å². The molecule has 0 spiro atoms. The SMILES string of the molecule is O=C(COC(=O)C1CCN(C(=O)c2ccco2)CC1)NCCc1ccc(OC(F)F)cc1. The van der Waals surface area contributed by atoms with Crippen molar-refractivity contribution >= 4 is 17.8 Å². The average molecular weight is 450 g/mol. The molecule has 0 bridgehead atoms. The first kappa shape index (κ1) is 23.2. The lowest BCUT2D eigenvalue weighted by atomic mass is 9.97. The van der Waals surface area contributed by atoms with Crippen molar-refractivity contribution in [2.75, 3.05) is 26.2 Å². The van der Waals surface area contributed by atoms with E-state index in [4.69, 9.17) is 9.15 Å². The van der Waals surface area contributed by atoms with Gasteiger partial charge in [0, 0.05) is 19.6 Å². The molecule has 0 radical (unpaired) electrons. The number of nitrogens with one attached hydrogen (secondary N) is 1. The third kappa shape index (κ3) is 6.79. The number of ether oxygens (including phenoxy) is 2. The summed E-state index contributed by atoms with van der Waals surface area (Å²) in [7, 11) is 0. The second kappa shape index (κ2) is 11.3. The highest BCUT2D eigenvalue weighted by atomic mass is 19.3. The Bertz CT molecular complexity index is 894. The molecule has 0 aliphatic carbocycles. The number of esters is 1. The van der Waals surface area contributed by atoms with E-state index in [1.165, 1.54) is 18.4 Å². The molecule has 1 fully saturated rings. The first-order valence-corrected chi connectivity index (χ1v) is 10.2. The van der Waals surface area contributed by atoms with Gasteiger partial charge in [0.15, 0.2) is 12.4 Å². The molecule has 8 nitrogen and oxygen atoms in total. The quantitative estimate of drug-likeness (QED) is 0.590. The topological polar surface area (TPSA) is 98.1 Å². The third-order valence-corrected chi connectivity index (χ3v) is 5.08. The van der Waals surface area contributed by atoms with Gasteiger partial charge in [-0.1, -0.05) is 12.1 Å². The fraction of sp³-hybridized carbons (Fsp3) is 0.409. The number of piperidine rings is 1. The van der Waals surface area contributed by atoms with Crippen LogP contribution in [-0.2, 0) is 20.7 Å². The highest BCUT2D eigenvalue weighted by molar-refractivity contribution is 5.91. The van der Waals surface area contributed by atoms with E-state index in [0.29, 0.717) is 38.9 Å². The number of benzene rings is 1. The molecule has 3 rings (SSSR count). The predicted octanol–water partition coefficient (Wildman–Crippen LogP) is 2.64. The van der Waals surface area contributed by atoms with Crippen molar-refractivity contribution in [3.05, 3.63) is 54.0 Å². The van der Waals surface area contributed by atoms with Crippen LogP contribution in [0.4, 0.5) is 8.78 Å². The van der Waals surface area contributed by atoms with Gasteiger partial charge < -0.3 is 24.1 Å². The van der Waals surface area contributed by atoms with Crippen molar-refractivity contribution in [1.29, 1.82) is 0 Å². The van der Waals surface area contributed by atoms with E-state index in [1.54, 1.807) is 29.2 Å². The first-order valence-electron chi connectivity index (χ1n) is 10.2. The van der Waals surface area contributed by atoms with Gasteiger partial charge >= 0.3 is 12.6 Å². The average Bonchev–Trinajstić information content (AvgIpc) is 3.33. The number of halogens is 2. The molecule has 1 saturated heterocycles. The zero-order valence-electron chi connectivity index (χ0n) is 17.3. The first-order chi connectivity index (χ1) is 15.4. The number of alkyl halides is 2. The fourth-order valence-electron chi connectivity index (χ4n) is 3.36. The minimum absolute atomic E-state index is 0.0656. The molecule has 172 valence electrons. The number of hydrogen-bond donors (Lipinski definition) is 1. The summed E-state index contributed by atoms with van der Waals surface area (Å²) in [5, 5.41) is 2.64. The molecule has 0 atom stereocenters. The van der Waals surface area contributed by atoms with Crippen LogP contribution in [0.3, 0.4) is 0 Å². The van der Waals surface area contributed by atoms with Crippen molar-refractivity contribution in [2.24, 2.45) is 5.92 Å². The van der Waals surface area contributed by atoms with Crippen LogP contribution in [-0.4, -0.2) is 55.5 Å². The highest BCUT2D eigenvalue weighted by Crippen LogP contribution is 2.20. The summed E-state index contributed by atoms with van der Waals surface area (Å²) >= 11 is 0. The lowest BCUT2D eigenvalue weighted by molar-refractivity contribution is -0.153. The molecule has 1 aliphatic heterocycles. The van der Waals surface area contributed by atoms with E-state index in [1.807, 2.05) is 0 Å². The predicted molar refractivity (Wildman–Crippen MR) is 108 cm³/mol. The van der Waals surface area contributed by atoms with Gasteiger partial charge in [-0.3, -0.25) is 14.4 Å². The van der Waals surface area contributed by atoms with Crippen LogP contribution in [0, 0.1) is 5.92 Å². The van der Waals surface area contributed by atoms with Crippen molar-refractivity contribution in [3.63, 3.8) is 0 Å². The minimum atomic E-state index is -2.88. The number of carbonyl (C=O) groups excluding carboxylic acids is 3. The molecule has 1 N–H and O–H groups in total. The van der Waals surface area contributed by atoms with Crippen LogP contribution in [0.25, 0.3) is 0 Å². The van der Waals surface area contributed by atoms with Gasteiger partial charge in [0.25, 0.3) is 11.8 Å². The van der Waals surface area contributed by atoms with Crippen molar-refractivity contribution in [1.82, 2.24) is 10.2 Å². The Balaban J connectivity index is 1.31. The lowest BCUT2D eigenvalue weighted by Gasteiger charge is -2.30. The van der Waals surface area contributed by atoms with Crippen LogP contribution in [0.15, 0.2) is 47.1 Å². The van der Waals surface area contributed by atoms with Gasteiger partial charge in [-0.05, 0) is 49.1 Å². The maximum atomic E-state index is 12.2. The van der Waals surface area contributed by atoms with Crippen LogP contribution in [0.2, 0.25) is 0 Å². The molecular formula is C22H24F2N2O6. The van der Waals surface area contributed by atoms with E-state index in [-0.39, 0.29) is 29.9 Å². The lowest BCUT2D eigenvalue weighted by Crippen LogP contribution is -2.41. The second-order valence-corrected chi connectivity index (χ2v) is 7.27. The molecule has 32 heavy (non-hydrogen) atoms. The summed E-state index contributed by atoms with van der Waals surface area (Å²) in [6.07, 6.45) is 2.83. The summed E-state index contributed by atoms with van der Waals surface area (Å²) in [6.45, 7) is -2.14. The molecule has 10 heteroatoms. The van der Waals surface area contributed by atoms with E-state index >= 15 is 0 Å². The van der Waals surface area contributed by atoms with Gasteiger partial charge in [0.2, 0.25) is 0 Å². The van der Waals surface area contributed by atoms with E-state index < -0.39 is 18.5 Å². The van der Waals surface area contributed by atoms with Crippen LogP contribution in [0.5, 0.6) is 5.75 Å². The minimum Gasteiger partial charge on any atom is -0.459 e. The van der Waals surface area contributed by atoms with Gasteiger partial charge in [0.1, 0.15) is 5.75 Å². The number of nitrogens with zero attached hydrogens (tertiary/aromatic N) is 1. The fourth-order valence-corrected chi connectivity index (χ4v) is 3.36. The molecule has 1 aromatic carbocycles. The molecule has 2 amide bonds. The Labute approximate surface area is 183 Å². The van der Waals surface area contributed by atoms with Crippen molar-refractivity contribution in [3.8, 4) is 5.75 Å². The normalized spacial score (nSPS) is 14.3. The van der Waals surface area contributed by atoms with Crippen molar-refractivity contribution in [2.45, 2.75) is 25.9 Å². The molecule has 2 aromatic rings. The largest absolute Gasteiger partial charge is 0.459 e. The number of likely N-dealkylation sites (tertiary alicyclic amines) is 1. The molecule has 1 aromatic heterocycles. The highest BCUT2D eigenvalue weighted by Gasteiger charge is 2.29. The Morgan fingerprint density at radius 2 is 1.84 bits per heavy atom. The van der Waals surface area contributed by atoms with Crippen molar-refractivity contribution < 1.29 is 37.1 Å². The standard InChI is InChI=1S/C22H24F2N2O6/c23-22(24)32-17-5-3-15(4-6-17)7-10-25-19(27)14-31-21(29)16-8-11-26(12-9-16)20(28)18-2-1-13-30-18/h1-6,13,16,22H,7-12,14H2,(H,25,27). The third-order valence-electron chi connectivity index (χ3n) is 5.08. The number of rotatable bonds is 9. The Morgan fingerprint density at radius 3 is 2.47 bits per heavy atom. The number of hydrogen-bond acceptors (Lipinski definition) is 6. The molecule has 0 saturated carbocycles. The summed E-state index contributed by atoms with van der Waals surface area (Å²) in [5.74, 6) is -1.13. The summed E-state index contributed by atoms with van der Waals surface area (Å²) in [4.78, 5) is 38.0. The molecular weight excluding hydrogens is 426 g/mol. The number of furan rings is 1. The van der Waals surface area contributed by atoms with Crippen LogP contribution < -0.4 is 10.1 Å². The summed E-state index contributed by atoms with van der Waals surface area (Å²) < 4.78 is 38.8. The Kier molecular flexibility index (Phi) is 8.18. The molecule has 2 heterocycles. The second-order valence-electron chi connectivity index (χ2n) is 7.27. The summed E-state index contributed by atoms with van der Waals surface area (Å²) in [6, 6.07) is 9.36. The van der Waals surface area contributed by atoms with E-state index in [2.05, 4.69) is 10.1 Å². The van der Waals surface area contributed by atoms with Gasteiger partial charge in [-0.15, -0.1) is 0 Å². The Hall–Kier alpha value is -3.43. The number of amides is 2. The molecule has 1 aliphatic rings. The number of carbonyl (C=O) groups is 3. The zero-order chi connectivity index (χ0) is 22.9. The smallest absolute Gasteiger partial charge is 0.387 e. The van der Waals surface area contributed by atoms with E-state index in [0.717, 1.165) is 5.56 Å². The van der Waals surface area contributed by atoms with Gasteiger partial charge in [-0.25, -0.2) is 0 Å². The monoisotopic (exact) mass is 450 g/mol. The van der Waals surface area contributed by atoms with E-state index in [9.17, 15) is 23.2 Å². The van der Waals surface area contributed by atoms with Crippen LogP contribution in [0.1, 0.15) is 29.0 Å². The molecule has 0 unspecified atom stereocenters. The summed E-state index contributed by atoms with van der Waals surface area (Å²) in [5.41, 5.74) is 0.833.